The van der Waals surface area contributed by atoms with E-state index in [9.17, 15) is 0 Å². The van der Waals surface area contributed by atoms with Crippen LogP contribution in [0.15, 0.2) is 18.2 Å². The van der Waals surface area contributed by atoms with E-state index < -0.39 is 0 Å². The van der Waals surface area contributed by atoms with E-state index in [1.165, 1.54) is 36.0 Å². The Labute approximate surface area is 112 Å². The van der Waals surface area contributed by atoms with Gasteiger partial charge < -0.3 is 5.73 Å². The molecule has 100 valence electrons. The van der Waals surface area contributed by atoms with Crippen molar-refractivity contribution in [2.45, 2.75) is 64.8 Å². The van der Waals surface area contributed by atoms with E-state index in [4.69, 9.17) is 5.73 Å². The van der Waals surface area contributed by atoms with Gasteiger partial charge in [0.1, 0.15) is 0 Å². The van der Waals surface area contributed by atoms with E-state index in [-0.39, 0.29) is 5.41 Å². The van der Waals surface area contributed by atoms with Crippen LogP contribution >= 0.6 is 0 Å². The Hall–Kier alpha value is -0.820. The Kier molecular flexibility index (Phi) is 3.82. The van der Waals surface area contributed by atoms with Crippen molar-refractivity contribution in [2.75, 3.05) is 0 Å². The first-order chi connectivity index (χ1) is 8.45. The predicted octanol–water partition coefficient (Wildman–Crippen LogP) is 4.10. The molecular formula is C17H27N. The summed E-state index contributed by atoms with van der Waals surface area (Å²) in [6, 6.07) is 7.25. The van der Waals surface area contributed by atoms with Crippen LogP contribution in [-0.4, -0.2) is 6.04 Å². The maximum atomic E-state index is 6.54. The zero-order valence-electron chi connectivity index (χ0n) is 12.3. The number of hydrogen-bond donors (Lipinski definition) is 1. The second-order valence-electron chi connectivity index (χ2n) is 6.54. The van der Waals surface area contributed by atoms with Crippen molar-refractivity contribution in [1.29, 1.82) is 0 Å². The van der Waals surface area contributed by atoms with Crippen molar-refractivity contribution in [3.05, 3.63) is 34.9 Å². The van der Waals surface area contributed by atoms with Gasteiger partial charge in [0, 0.05) is 11.5 Å². The number of rotatable bonds is 4. The first-order valence-electron chi connectivity index (χ1n) is 7.29. The minimum atomic E-state index is 0.267. The minimum Gasteiger partial charge on any atom is -0.327 e. The van der Waals surface area contributed by atoms with Crippen molar-refractivity contribution >= 4 is 0 Å². The lowest BCUT2D eigenvalue weighted by Crippen LogP contribution is -2.51. The average Bonchev–Trinajstić information content (AvgIpc) is 2.20. The maximum absolute atomic E-state index is 6.54. The molecule has 1 fully saturated rings. The van der Waals surface area contributed by atoms with Crippen LogP contribution in [-0.2, 0) is 5.41 Å². The van der Waals surface area contributed by atoms with E-state index in [0.717, 1.165) is 6.42 Å². The molecule has 1 atom stereocenters. The minimum absolute atomic E-state index is 0.267. The molecule has 0 aliphatic heterocycles. The number of nitrogens with two attached hydrogens (primary N) is 1. The summed E-state index contributed by atoms with van der Waals surface area (Å²) in [5.41, 5.74) is 11.1. The first-order valence-corrected chi connectivity index (χ1v) is 7.29. The van der Waals surface area contributed by atoms with Gasteiger partial charge in [0.2, 0.25) is 0 Å². The predicted molar refractivity (Wildman–Crippen MR) is 78.9 cm³/mol. The van der Waals surface area contributed by atoms with Crippen molar-refractivity contribution in [1.82, 2.24) is 0 Å². The van der Waals surface area contributed by atoms with Gasteiger partial charge in [-0.05, 0) is 55.7 Å². The maximum Gasteiger partial charge on any atom is 0.0139 e. The van der Waals surface area contributed by atoms with Crippen molar-refractivity contribution in [2.24, 2.45) is 11.7 Å². The number of aryl methyl sites for hydroxylation is 2. The molecule has 0 saturated heterocycles. The molecule has 0 radical (unpaired) electrons. The van der Waals surface area contributed by atoms with E-state index in [2.05, 4.69) is 45.9 Å². The largest absolute Gasteiger partial charge is 0.327 e. The van der Waals surface area contributed by atoms with Gasteiger partial charge in [-0.1, -0.05) is 38.5 Å². The van der Waals surface area contributed by atoms with Gasteiger partial charge in [-0.3, -0.25) is 0 Å². The van der Waals surface area contributed by atoms with Crippen LogP contribution in [0.3, 0.4) is 0 Å². The van der Waals surface area contributed by atoms with Crippen LogP contribution in [0, 0.1) is 19.8 Å². The molecule has 1 aliphatic carbocycles. The third-order valence-corrected chi connectivity index (χ3v) is 4.76. The lowest BCUT2D eigenvalue weighted by atomic mass is 9.59. The lowest BCUT2D eigenvalue weighted by molar-refractivity contribution is 0.178. The fraction of sp³-hybridized carbons (Fsp3) is 0.647. The van der Waals surface area contributed by atoms with Gasteiger partial charge in [0.25, 0.3) is 0 Å². The van der Waals surface area contributed by atoms with Crippen LogP contribution in [0.25, 0.3) is 0 Å². The van der Waals surface area contributed by atoms with Crippen LogP contribution < -0.4 is 5.73 Å². The third kappa shape index (κ3) is 2.33. The molecule has 1 aromatic carbocycles. The monoisotopic (exact) mass is 245 g/mol. The van der Waals surface area contributed by atoms with Crippen LogP contribution in [0.2, 0.25) is 0 Å². The Balaban J connectivity index is 2.28. The standard InChI is InChI=1S/C17H27N/c1-12(2)10-16(18)17(8-5-9-17)15-7-6-13(3)14(4)11-15/h6-7,11-12,16H,5,8-10,18H2,1-4H3. The molecule has 1 aliphatic rings. The summed E-state index contributed by atoms with van der Waals surface area (Å²) in [7, 11) is 0. The fourth-order valence-electron chi connectivity index (χ4n) is 3.22. The average molecular weight is 245 g/mol. The molecular weight excluding hydrogens is 218 g/mol. The van der Waals surface area contributed by atoms with Gasteiger partial charge >= 0.3 is 0 Å². The lowest BCUT2D eigenvalue weighted by Gasteiger charge is -2.47. The Morgan fingerprint density at radius 1 is 1.17 bits per heavy atom. The van der Waals surface area contributed by atoms with Gasteiger partial charge in [-0.25, -0.2) is 0 Å². The summed E-state index contributed by atoms with van der Waals surface area (Å²) in [4.78, 5) is 0. The number of hydrogen-bond acceptors (Lipinski definition) is 1. The van der Waals surface area contributed by atoms with E-state index in [1.807, 2.05) is 0 Å². The normalized spacial score (nSPS) is 19.7. The van der Waals surface area contributed by atoms with Gasteiger partial charge in [0.15, 0.2) is 0 Å². The van der Waals surface area contributed by atoms with Crippen molar-refractivity contribution < 1.29 is 0 Å². The molecule has 1 nitrogen and oxygen atoms in total. The summed E-state index contributed by atoms with van der Waals surface area (Å²) < 4.78 is 0. The molecule has 1 heteroatoms. The summed E-state index contributed by atoms with van der Waals surface area (Å²) in [6.07, 6.45) is 5.00. The first kappa shape index (κ1) is 13.6. The van der Waals surface area contributed by atoms with Crippen LogP contribution in [0.5, 0.6) is 0 Å². The van der Waals surface area contributed by atoms with E-state index in [0.29, 0.717) is 12.0 Å². The molecule has 1 unspecified atom stereocenters. The zero-order valence-corrected chi connectivity index (χ0v) is 12.3. The Morgan fingerprint density at radius 3 is 2.28 bits per heavy atom. The van der Waals surface area contributed by atoms with Gasteiger partial charge in [-0.15, -0.1) is 0 Å². The highest BCUT2D eigenvalue weighted by Crippen LogP contribution is 2.47. The molecule has 0 aromatic heterocycles. The molecule has 0 bridgehead atoms. The Bertz CT molecular complexity index is 416. The molecule has 2 rings (SSSR count). The van der Waals surface area contributed by atoms with Crippen LogP contribution in [0.4, 0.5) is 0 Å². The quantitative estimate of drug-likeness (QED) is 0.849. The van der Waals surface area contributed by atoms with Gasteiger partial charge in [0.05, 0.1) is 0 Å². The molecule has 2 N–H and O–H groups in total. The molecule has 1 aromatic rings. The molecule has 0 heterocycles. The highest BCUT2D eigenvalue weighted by atomic mass is 14.7. The summed E-state index contributed by atoms with van der Waals surface area (Å²) in [5.74, 6) is 0.684. The Morgan fingerprint density at radius 2 is 1.83 bits per heavy atom. The fourth-order valence-corrected chi connectivity index (χ4v) is 3.22. The zero-order chi connectivity index (χ0) is 13.3. The topological polar surface area (TPSA) is 26.0 Å². The smallest absolute Gasteiger partial charge is 0.0139 e. The molecule has 18 heavy (non-hydrogen) atoms. The molecule has 0 amide bonds. The van der Waals surface area contributed by atoms with Crippen molar-refractivity contribution in [3.8, 4) is 0 Å². The molecule has 0 spiro atoms. The number of benzene rings is 1. The SMILES string of the molecule is Cc1ccc(C2(C(N)CC(C)C)CCC2)cc1C. The molecule has 1 saturated carbocycles. The summed E-state index contributed by atoms with van der Waals surface area (Å²) >= 11 is 0. The highest BCUT2D eigenvalue weighted by molar-refractivity contribution is 5.37. The third-order valence-electron chi connectivity index (χ3n) is 4.76. The van der Waals surface area contributed by atoms with E-state index >= 15 is 0 Å². The van der Waals surface area contributed by atoms with Gasteiger partial charge in [-0.2, -0.15) is 0 Å². The van der Waals surface area contributed by atoms with Crippen LogP contribution in [0.1, 0.15) is 56.2 Å². The van der Waals surface area contributed by atoms with E-state index in [1.54, 1.807) is 0 Å². The summed E-state index contributed by atoms with van der Waals surface area (Å²) in [6.45, 7) is 8.93. The highest BCUT2D eigenvalue weighted by Gasteiger charge is 2.43. The van der Waals surface area contributed by atoms with Crippen molar-refractivity contribution in [3.63, 3.8) is 0 Å². The second-order valence-corrected chi connectivity index (χ2v) is 6.54. The second kappa shape index (κ2) is 5.05. The summed E-state index contributed by atoms with van der Waals surface area (Å²) in [5, 5.41) is 0.